The van der Waals surface area contributed by atoms with Crippen molar-refractivity contribution in [3.63, 3.8) is 0 Å². The highest BCUT2D eigenvalue weighted by molar-refractivity contribution is 7.26. The van der Waals surface area contributed by atoms with Crippen LogP contribution < -0.4 is 10.0 Å². The SMILES string of the molecule is [2H]c1ccc2sc3c4c(c5ccccc5c3c2c1)-c1c(c([2H])cc2ccccc12)N(c1ccccc1)N4c1nc(-c2ccccc2)c2ccccc2n1. The van der Waals surface area contributed by atoms with Crippen LogP contribution in [0.3, 0.4) is 0 Å². The normalized spacial score (nSPS) is 13.2. The molecular weight excluding hydrogens is 641 g/mol. The molecule has 51 heavy (non-hydrogen) atoms. The van der Waals surface area contributed by atoms with Gasteiger partial charge in [-0.2, -0.15) is 0 Å². The second-order valence-electron chi connectivity index (χ2n) is 12.8. The van der Waals surface area contributed by atoms with Gasteiger partial charge >= 0.3 is 0 Å². The molecule has 0 aliphatic carbocycles. The lowest BCUT2D eigenvalue weighted by atomic mass is 9.87. The van der Waals surface area contributed by atoms with Gasteiger partial charge in [-0.3, -0.25) is 0 Å². The summed E-state index contributed by atoms with van der Waals surface area (Å²) in [4.78, 5) is 10.8. The molecule has 238 valence electrons. The first-order valence-electron chi connectivity index (χ1n) is 18.0. The molecule has 0 saturated carbocycles. The number of hydrogen-bond acceptors (Lipinski definition) is 5. The maximum Gasteiger partial charge on any atom is 0.251 e. The number of anilines is 4. The van der Waals surface area contributed by atoms with Gasteiger partial charge in [0.15, 0.2) is 0 Å². The first kappa shape index (κ1) is 26.3. The average Bonchev–Trinajstić information content (AvgIpc) is 3.59. The fourth-order valence-corrected chi connectivity index (χ4v) is 9.06. The summed E-state index contributed by atoms with van der Waals surface area (Å²) in [5.74, 6) is 0.501. The van der Waals surface area contributed by atoms with Crippen LogP contribution in [0, 0.1) is 0 Å². The van der Waals surface area contributed by atoms with Crippen LogP contribution >= 0.6 is 11.3 Å². The zero-order valence-corrected chi connectivity index (χ0v) is 28.0. The smallest absolute Gasteiger partial charge is 0.246 e. The summed E-state index contributed by atoms with van der Waals surface area (Å²) >= 11 is 1.73. The Labute approximate surface area is 300 Å². The number of para-hydroxylation sites is 2. The van der Waals surface area contributed by atoms with Crippen LogP contribution in [0.15, 0.2) is 170 Å². The number of benzene rings is 8. The third kappa shape index (κ3) is 4.13. The number of hydrazine groups is 1. The highest BCUT2D eigenvalue weighted by Crippen LogP contribution is 2.58. The monoisotopic (exact) mass is 670 g/mol. The van der Waals surface area contributed by atoms with E-state index >= 15 is 0 Å². The summed E-state index contributed by atoms with van der Waals surface area (Å²) in [6, 6.07) is 54.5. The molecule has 0 unspecified atom stereocenters. The lowest BCUT2D eigenvalue weighted by Crippen LogP contribution is -2.40. The van der Waals surface area contributed by atoms with E-state index in [0.717, 1.165) is 92.1 Å². The summed E-state index contributed by atoms with van der Waals surface area (Å²) in [5, 5.41) is 11.7. The van der Waals surface area contributed by atoms with Crippen molar-refractivity contribution in [2.45, 2.75) is 0 Å². The number of aromatic nitrogens is 2. The quantitative estimate of drug-likeness (QED) is 0.187. The summed E-state index contributed by atoms with van der Waals surface area (Å²) < 4.78 is 20.6. The van der Waals surface area contributed by atoms with Gasteiger partial charge < -0.3 is 0 Å². The van der Waals surface area contributed by atoms with Gasteiger partial charge in [-0.1, -0.05) is 140 Å². The Morgan fingerprint density at radius 2 is 1.24 bits per heavy atom. The standard InChI is InChI=1S/C46H28N4S/c1-3-16-30(17-4-1)43-35-23-11-13-25-37(35)47-46(48-43)50-44-42(34-22-10-9-21-33(34)40-36-24-12-14-26-39(36)51-45(40)44)41-32-20-8-7-15-29(32)27-28-38(41)49(50)31-18-5-2-6-19-31/h1-28H/i12D,28D. The highest BCUT2D eigenvalue weighted by atomic mass is 32.1. The first-order chi connectivity index (χ1) is 26.1. The van der Waals surface area contributed by atoms with Gasteiger partial charge in [0.25, 0.3) is 5.95 Å². The minimum atomic E-state index is 0.404. The summed E-state index contributed by atoms with van der Waals surface area (Å²) in [7, 11) is 0. The van der Waals surface area contributed by atoms with Crippen LogP contribution in [-0.2, 0) is 0 Å². The summed E-state index contributed by atoms with van der Waals surface area (Å²) in [5.41, 5.74) is 7.30. The second kappa shape index (κ2) is 11.0. The van der Waals surface area contributed by atoms with E-state index in [1.165, 1.54) is 0 Å². The van der Waals surface area contributed by atoms with Crippen molar-refractivity contribution in [3.05, 3.63) is 170 Å². The van der Waals surface area contributed by atoms with Crippen LogP contribution in [-0.4, -0.2) is 9.97 Å². The van der Waals surface area contributed by atoms with Crippen molar-refractivity contribution in [1.82, 2.24) is 9.97 Å². The molecule has 0 spiro atoms. The highest BCUT2D eigenvalue weighted by Gasteiger charge is 2.38. The summed E-state index contributed by atoms with van der Waals surface area (Å²) in [6.07, 6.45) is 0. The Kier molecular flexibility index (Phi) is 5.66. The van der Waals surface area contributed by atoms with Crippen molar-refractivity contribution >= 4 is 87.0 Å². The van der Waals surface area contributed by atoms with Gasteiger partial charge in [0, 0.05) is 37.5 Å². The van der Waals surface area contributed by atoms with Gasteiger partial charge in [0.1, 0.15) is 0 Å². The third-order valence-electron chi connectivity index (χ3n) is 9.98. The second-order valence-corrected chi connectivity index (χ2v) is 13.9. The molecule has 0 radical (unpaired) electrons. The fraction of sp³-hybridized carbons (Fsp3) is 0. The molecule has 0 fully saturated rings. The Bertz CT molecular complexity index is 3110. The molecule has 0 amide bonds. The van der Waals surface area contributed by atoms with E-state index in [1.807, 2.05) is 78.9 Å². The minimum Gasteiger partial charge on any atom is -0.246 e. The molecule has 3 heterocycles. The molecule has 0 N–H and O–H groups in total. The maximum absolute atomic E-state index is 9.77. The lowest BCUT2D eigenvalue weighted by Gasteiger charge is -2.43. The lowest BCUT2D eigenvalue weighted by molar-refractivity contribution is 0.933. The number of thiophene rings is 1. The molecule has 1 aliphatic rings. The van der Waals surface area contributed by atoms with Crippen LogP contribution in [0.1, 0.15) is 2.74 Å². The molecule has 4 nitrogen and oxygen atoms in total. The van der Waals surface area contributed by atoms with Gasteiger partial charge in [-0.25, -0.2) is 20.0 Å². The molecule has 11 rings (SSSR count). The van der Waals surface area contributed by atoms with E-state index in [-0.39, 0.29) is 0 Å². The molecule has 8 aromatic carbocycles. The van der Waals surface area contributed by atoms with Crippen molar-refractivity contribution in [1.29, 1.82) is 0 Å². The topological polar surface area (TPSA) is 32.3 Å². The van der Waals surface area contributed by atoms with Crippen molar-refractivity contribution in [2.75, 3.05) is 10.0 Å². The molecule has 0 atom stereocenters. The maximum atomic E-state index is 9.77. The van der Waals surface area contributed by atoms with Crippen molar-refractivity contribution in [2.24, 2.45) is 0 Å². The Morgan fingerprint density at radius 1 is 0.529 bits per heavy atom. The van der Waals surface area contributed by atoms with E-state index in [9.17, 15) is 1.37 Å². The predicted molar refractivity (Wildman–Crippen MR) is 215 cm³/mol. The fourth-order valence-electron chi connectivity index (χ4n) is 7.83. The van der Waals surface area contributed by atoms with Gasteiger partial charge in [0.2, 0.25) is 0 Å². The van der Waals surface area contributed by atoms with Gasteiger partial charge in [0.05, 0.1) is 35.7 Å². The van der Waals surface area contributed by atoms with Crippen molar-refractivity contribution < 1.29 is 2.74 Å². The van der Waals surface area contributed by atoms with E-state index in [2.05, 4.69) is 88.9 Å². The molecular formula is C46H28N4S. The summed E-state index contributed by atoms with van der Waals surface area (Å²) in [6.45, 7) is 0. The molecule has 0 bridgehead atoms. The first-order valence-corrected chi connectivity index (χ1v) is 17.8. The van der Waals surface area contributed by atoms with E-state index in [4.69, 9.17) is 11.3 Å². The number of hydrogen-bond donors (Lipinski definition) is 0. The van der Waals surface area contributed by atoms with Crippen LogP contribution in [0.4, 0.5) is 23.0 Å². The Hall–Kier alpha value is -6.56. The molecule has 5 heteroatoms. The van der Waals surface area contributed by atoms with Crippen molar-refractivity contribution in [3.8, 4) is 22.4 Å². The van der Waals surface area contributed by atoms with Crippen LogP contribution in [0.5, 0.6) is 0 Å². The Balaban J connectivity index is 1.39. The van der Waals surface area contributed by atoms with E-state index in [0.29, 0.717) is 18.0 Å². The predicted octanol–water partition coefficient (Wildman–Crippen LogP) is 12.8. The molecule has 0 saturated heterocycles. The number of nitrogens with zero attached hydrogens (tertiary/aromatic N) is 4. The average molecular weight is 671 g/mol. The largest absolute Gasteiger partial charge is 0.251 e. The third-order valence-corrected chi connectivity index (χ3v) is 11.2. The minimum absolute atomic E-state index is 0.404. The molecule has 2 aromatic heterocycles. The zero-order chi connectivity index (χ0) is 35.2. The molecule has 10 aromatic rings. The van der Waals surface area contributed by atoms with Crippen LogP contribution in [0.2, 0.25) is 0 Å². The molecule has 1 aliphatic heterocycles. The van der Waals surface area contributed by atoms with Gasteiger partial charge in [-0.15, -0.1) is 11.3 Å². The van der Waals surface area contributed by atoms with E-state index < -0.39 is 0 Å². The van der Waals surface area contributed by atoms with E-state index in [1.54, 1.807) is 11.3 Å². The van der Waals surface area contributed by atoms with Gasteiger partial charge in [-0.05, 0) is 51.9 Å². The van der Waals surface area contributed by atoms with Crippen LogP contribution in [0.25, 0.3) is 75.0 Å². The Morgan fingerprint density at radius 3 is 2.08 bits per heavy atom. The number of fused-ring (bicyclic) bond motifs is 13. The number of rotatable bonds is 3. The zero-order valence-electron chi connectivity index (χ0n) is 29.2.